The van der Waals surface area contributed by atoms with E-state index >= 15 is 0 Å². The molecular formula is C17H13FN4OS. The third-order valence-electron chi connectivity index (χ3n) is 3.62. The highest BCUT2D eigenvalue weighted by Crippen LogP contribution is 2.38. The van der Waals surface area contributed by atoms with Gasteiger partial charge in [-0.25, -0.2) is 9.37 Å². The molecule has 5 nitrogen and oxygen atoms in total. The van der Waals surface area contributed by atoms with Gasteiger partial charge in [0.15, 0.2) is 0 Å². The fourth-order valence-corrected chi connectivity index (χ4v) is 3.51. The molecule has 120 valence electrons. The van der Waals surface area contributed by atoms with Gasteiger partial charge >= 0.3 is 0 Å². The van der Waals surface area contributed by atoms with Crippen LogP contribution in [0, 0.1) is 5.82 Å². The molecule has 0 spiro atoms. The zero-order chi connectivity index (χ0) is 16.7. The first kappa shape index (κ1) is 14.6. The van der Waals surface area contributed by atoms with Crippen LogP contribution in [0.5, 0.6) is 11.5 Å². The molecule has 24 heavy (non-hydrogen) atoms. The zero-order valence-electron chi connectivity index (χ0n) is 12.7. The predicted molar refractivity (Wildman–Crippen MR) is 92.7 cm³/mol. The Bertz CT molecular complexity index is 1040. The maximum Gasteiger partial charge on any atom is 0.149 e. The average Bonchev–Trinajstić information content (AvgIpc) is 3.17. The van der Waals surface area contributed by atoms with E-state index in [-0.39, 0.29) is 5.69 Å². The number of fused-ring (bicyclic) bond motifs is 1. The minimum Gasteiger partial charge on any atom is -0.456 e. The molecule has 4 aromatic rings. The highest BCUT2D eigenvalue weighted by molar-refractivity contribution is 7.22. The van der Waals surface area contributed by atoms with Gasteiger partial charge in [0.25, 0.3) is 0 Å². The maximum atomic E-state index is 13.6. The molecule has 0 saturated heterocycles. The van der Waals surface area contributed by atoms with E-state index in [1.54, 1.807) is 24.5 Å². The van der Waals surface area contributed by atoms with Crippen LogP contribution in [0.3, 0.4) is 0 Å². The summed E-state index contributed by atoms with van der Waals surface area (Å²) in [4.78, 5) is 9.72. The number of halogens is 1. The summed E-state index contributed by atoms with van der Waals surface area (Å²) in [5, 5.41) is 0. The van der Waals surface area contributed by atoms with E-state index in [4.69, 9.17) is 10.5 Å². The Morgan fingerprint density at radius 2 is 2.04 bits per heavy atom. The number of nitrogens with two attached hydrogens (primary N) is 1. The number of rotatable bonds is 3. The maximum absolute atomic E-state index is 13.6. The van der Waals surface area contributed by atoms with Crippen LogP contribution in [-0.4, -0.2) is 14.5 Å². The van der Waals surface area contributed by atoms with Gasteiger partial charge in [0, 0.05) is 37.8 Å². The second-order valence-electron chi connectivity index (χ2n) is 5.28. The molecule has 1 aromatic carbocycles. The van der Waals surface area contributed by atoms with Gasteiger partial charge in [-0.1, -0.05) is 0 Å². The van der Waals surface area contributed by atoms with Crippen molar-refractivity contribution in [3.8, 4) is 22.2 Å². The molecule has 7 heteroatoms. The number of hydrogen-bond donors (Lipinski definition) is 1. The van der Waals surface area contributed by atoms with Gasteiger partial charge in [0.05, 0.1) is 20.8 Å². The number of imidazole rings is 1. The van der Waals surface area contributed by atoms with Gasteiger partial charge in [0.1, 0.15) is 23.1 Å². The standard InChI is InChI=1S/C17H13FN4OS/c1-22-7-6-21-17(22)15-9-13-16(24-15)14(4-5-20-13)23-10-2-3-12(19)11(18)8-10/h2-9H,19H2,1H3. The predicted octanol–water partition coefficient (Wildman–Crippen LogP) is 4.21. The first-order valence-electron chi connectivity index (χ1n) is 7.21. The van der Waals surface area contributed by atoms with E-state index in [1.165, 1.54) is 23.5 Å². The fraction of sp³-hybridized carbons (Fsp3) is 0.0588. The monoisotopic (exact) mass is 340 g/mol. The van der Waals surface area contributed by atoms with Gasteiger partial charge in [0.2, 0.25) is 0 Å². The summed E-state index contributed by atoms with van der Waals surface area (Å²) < 4.78 is 22.3. The first-order valence-corrected chi connectivity index (χ1v) is 8.02. The summed E-state index contributed by atoms with van der Waals surface area (Å²) >= 11 is 1.53. The van der Waals surface area contributed by atoms with Crippen molar-refractivity contribution in [1.82, 2.24) is 14.5 Å². The Labute approximate surface area is 141 Å². The lowest BCUT2D eigenvalue weighted by Crippen LogP contribution is -1.91. The van der Waals surface area contributed by atoms with Gasteiger partial charge in [-0.15, -0.1) is 11.3 Å². The molecule has 0 aliphatic carbocycles. The number of aromatic nitrogens is 3. The fourth-order valence-electron chi connectivity index (χ4n) is 2.41. The molecule has 0 saturated carbocycles. The van der Waals surface area contributed by atoms with Crippen molar-refractivity contribution in [1.29, 1.82) is 0 Å². The molecule has 4 rings (SSSR count). The van der Waals surface area contributed by atoms with Crippen molar-refractivity contribution >= 4 is 27.2 Å². The van der Waals surface area contributed by atoms with E-state index in [1.807, 2.05) is 23.9 Å². The lowest BCUT2D eigenvalue weighted by atomic mass is 10.3. The molecule has 0 unspecified atom stereocenters. The first-order chi connectivity index (χ1) is 11.6. The summed E-state index contributed by atoms with van der Waals surface area (Å²) in [6.45, 7) is 0. The van der Waals surface area contributed by atoms with Gasteiger partial charge < -0.3 is 15.0 Å². The summed E-state index contributed by atoms with van der Waals surface area (Å²) in [5.74, 6) is 1.37. The summed E-state index contributed by atoms with van der Waals surface area (Å²) in [7, 11) is 1.94. The van der Waals surface area contributed by atoms with E-state index in [0.29, 0.717) is 11.5 Å². The number of nitrogen functional groups attached to an aromatic ring is 1. The van der Waals surface area contributed by atoms with Gasteiger partial charge in [-0.3, -0.25) is 4.98 Å². The molecule has 0 atom stereocenters. The normalized spacial score (nSPS) is 11.1. The molecule has 0 aliphatic rings. The number of ether oxygens (including phenoxy) is 1. The van der Waals surface area contributed by atoms with Gasteiger partial charge in [-0.2, -0.15) is 0 Å². The third-order valence-corrected chi connectivity index (χ3v) is 4.75. The SMILES string of the molecule is Cn1ccnc1-c1cc2nccc(Oc3ccc(N)c(F)c3)c2s1. The topological polar surface area (TPSA) is 66.0 Å². The number of thiophene rings is 1. The van der Waals surface area contributed by atoms with Crippen LogP contribution >= 0.6 is 11.3 Å². The van der Waals surface area contributed by atoms with Crippen molar-refractivity contribution in [3.63, 3.8) is 0 Å². The minimum absolute atomic E-state index is 0.0930. The highest BCUT2D eigenvalue weighted by Gasteiger charge is 2.13. The Morgan fingerprint density at radius 1 is 1.17 bits per heavy atom. The molecule has 0 bridgehead atoms. The van der Waals surface area contributed by atoms with E-state index in [9.17, 15) is 4.39 Å². The average molecular weight is 340 g/mol. The van der Waals surface area contributed by atoms with Crippen molar-refractivity contribution in [2.24, 2.45) is 7.05 Å². The van der Waals surface area contributed by atoms with Gasteiger partial charge in [-0.05, 0) is 18.2 Å². The Morgan fingerprint density at radius 3 is 2.79 bits per heavy atom. The molecular weight excluding hydrogens is 327 g/mol. The van der Waals surface area contributed by atoms with Crippen LogP contribution in [-0.2, 0) is 7.05 Å². The molecule has 0 radical (unpaired) electrons. The van der Waals surface area contributed by atoms with Crippen molar-refractivity contribution in [3.05, 3.63) is 54.7 Å². The number of benzene rings is 1. The highest BCUT2D eigenvalue weighted by atomic mass is 32.1. The quantitative estimate of drug-likeness (QED) is 0.567. The summed E-state index contributed by atoms with van der Waals surface area (Å²) in [6, 6.07) is 8.12. The van der Waals surface area contributed by atoms with Crippen LogP contribution < -0.4 is 10.5 Å². The number of aryl methyl sites for hydroxylation is 1. The summed E-state index contributed by atoms with van der Waals surface area (Å²) in [6.07, 6.45) is 5.31. The number of nitrogens with zero attached hydrogens (tertiary/aromatic N) is 3. The molecule has 0 fully saturated rings. The second-order valence-corrected chi connectivity index (χ2v) is 6.33. The van der Waals surface area contributed by atoms with Crippen molar-refractivity contribution < 1.29 is 9.13 Å². The second kappa shape index (κ2) is 5.61. The van der Waals surface area contributed by atoms with E-state index in [2.05, 4.69) is 9.97 Å². The van der Waals surface area contributed by atoms with Crippen molar-refractivity contribution in [2.45, 2.75) is 0 Å². The molecule has 3 heterocycles. The lowest BCUT2D eigenvalue weighted by Gasteiger charge is -2.07. The van der Waals surface area contributed by atoms with Crippen molar-refractivity contribution in [2.75, 3.05) is 5.73 Å². The van der Waals surface area contributed by atoms with Crippen LogP contribution in [0.4, 0.5) is 10.1 Å². The Hall–Kier alpha value is -2.93. The van der Waals surface area contributed by atoms with E-state index < -0.39 is 5.82 Å². The largest absolute Gasteiger partial charge is 0.456 e. The van der Waals surface area contributed by atoms with Crippen LogP contribution in [0.15, 0.2) is 48.9 Å². The molecule has 0 aliphatic heterocycles. The smallest absolute Gasteiger partial charge is 0.149 e. The zero-order valence-corrected chi connectivity index (χ0v) is 13.5. The molecule has 0 amide bonds. The number of hydrogen-bond acceptors (Lipinski definition) is 5. The minimum atomic E-state index is -0.502. The molecule has 3 aromatic heterocycles. The molecule has 2 N–H and O–H groups in total. The third kappa shape index (κ3) is 2.48. The Kier molecular flexibility index (Phi) is 3.42. The van der Waals surface area contributed by atoms with Crippen LogP contribution in [0.2, 0.25) is 0 Å². The van der Waals surface area contributed by atoms with Crippen LogP contribution in [0.25, 0.3) is 20.9 Å². The number of pyridine rings is 1. The van der Waals surface area contributed by atoms with Crippen LogP contribution in [0.1, 0.15) is 0 Å². The lowest BCUT2D eigenvalue weighted by molar-refractivity contribution is 0.483. The van der Waals surface area contributed by atoms with E-state index in [0.717, 1.165) is 20.9 Å². The number of anilines is 1. The summed E-state index contributed by atoms with van der Waals surface area (Å²) in [5.41, 5.74) is 6.40. The Balaban J connectivity index is 1.77.